The van der Waals surface area contributed by atoms with E-state index in [0.717, 1.165) is 15.7 Å². The maximum Gasteiger partial charge on any atom is 0.235 e. The number of fused-ring (bicyclic) bond motifs is 1. The quantitative estimate of drug-likeness (QED) is 0.856. The number of benzene rings is 2. The third-order valence-corrected chi connectivity index (χ3v) is 4.27. The summed E-state index contributed by atoms with van der Waals surface area (Å²) in [7, 11) is 0. The van der Waals surface area contributed by atoms with E-state index in [-0.39, 0.29) is 31.4 Å². The summed E-state index contributed by atoms with van der Waals surface area (Å²) in [5.74, 6) is 0.166. The summed E-state index contributed by atoms with van der Waals surface area (Å²) in [6, 6.07) is 13.6. The molecule has 0 aliphatic carbocycles. The highest BCUT2D eigenvalue weighted by molar-refractivity contribution is 6.05. The number of aliphatic hydroxyl groups excluding tert-OH is 1. The third-order valence-electron chi connectivity index (χ3n) is 4.27. The Balaban J connectivity index is 1.60. The van der Waals surface area contributed by atoms with Crippen molar-refractivity contribution in [1.82, 2.24) is 4.90 Å². The average molecular weight is 327 g/mol. The Morgan fingerprint density at radius 2 is 1.88 bits per heavy atom. The lowest BCUT2D eigenvalue weighted by atomic mass is 9.92. The largest absolute Gasteiger partial charge is 0.491 e. The molecular weight excluding hydrogens is 306 g/mol. The maximum absolute atomic E-state index is 12.1. The Bertz CT molecular complexity index is 784. The van der Waals surface area contributed by atoms with Crippen LogP contribution in [0.15, 0.2) is 42.5 Å². The SMILES string of the molecule is CC1(C)CC(=O)N(C[C@@H](O)COc2ccc3ccccc3c2)C1=O. The van der Waals surface area contributed by atoms with Gasteiger partial charge in [0, 0.05) is 6.42 Å². The first kappa shape index (κ1) is 16.5. The molecule has 0 bridgehead atoms. The van der Waals surface area contributed by atoms with Crippen LogP contribution >= 0.6 is 0 Å². The van der Waals surface area contributed by atoms with Gasteiger partial charge in [0.15, 0.2) is 0 Å². The molecule has 1 atom stereocenters. The summed E-state index contributed by atoms with van der Waals surface area (Å²) < 4.78 is 5.61. The molecule has 24 heavy (non-hydrogen) atoms. The van der Waals surface area contributed by atoms with E-state index in [0.29, 0.717) is 5.75 Å². The van der Waals surface area contributed by atoms with E-state index in [9.17, 15) is 14.7 Å². The van der Waals surface area contributed by atoms with Crippen LogP contribution in [0, 0.1) is 5.41 Å². The monoisotopic (exact) mass is 327 g/mol. The van der Waals surface area contributed by atoms with Crippen LogP contribution < -0.4 is 4.74 Å². The fourth-order valence-electron chi connectivity index (χ4n) is 2.93. The predicted octanol–water partition coefficient (Wildman–Crippen LogP) is 2.36. The minimum absolute atomic E-state index is 0.0236. The molecule has 126 valence electrons. The number of carbonyl (C=O) groups excluding carboxylic acids is 2. The van der Waals surface area contributed by atoms with Crippen LogP contribution in [0.3, 0.4) is 0 Å². The Labute approximate surface area is 140 Å². The number of imide groups is 1. The van der Waals surface area contributed by atoms with Gasteiger partial charge < -0.3 is 9.84 Å². The molecule has 1 saturated heterocycles. The van der Waals surface area contributed by atoms with Crippen LogP contribution in [0.5, 0.6) is 5.75 Å². The van der Waals surface area contributed by atoms with E-state index in [2.05, 4.69) is 0 Å². The summed E-state index contributed by atoms with van der Waals surface area (Å²) in [5, 5.41) is 12.3. The number of likely N-dealkylation sites (tertiary alicyclic amines) is 1. The summed E-state index contributed by atoms with van der Waals surface area (Å²) in [5.41, 5.74) is -0.685. The molecule has 1 N–H and O–H groups in total. The number of β-amino-alcohol motifs (C(OH)–C–C–N with tert-alkyl or cyclic N) is 1. The number of hydrogen-bond donors (Lipinski definition) is 1. The number of nitrogens with zero attached hydrogens (tertiary/aromatic N) is 1. The molecule has 0 spiro atoms. The van der Waals surface area contributed by atoms with Crippen molar-refractivity contribution in [2.24, 2.45) is 5.41 Å². The lowest BCUT2D eigenvalue weighted by molar-refractivity contribution is -0.142. The minimum Gasteiger partial charge on any atom is -0.491 e. The molecule has 2 aromatic rings. The summed E-state index contributed by atoms with van der Waals surface area (Å²) in [6.45, 7) is 3.47. The fourth-order valence-corrected chi connectivity index (χ4v) is 2.93. The zero-order valence-electron chi connectivity index (χ0n) is 13.9. The second-order valence-corrected chi connectivity index (χ2v) is 6.84. The molecule has 1 heterocycles. The van der Waals surface area contributed by atoms with Gasteiger partial charge in [0.25, 0.3) is 0 Å². The number of ether oxygens (including phenoxy) is 1. The van der Waals surface area contributed by atoms with Crippen LogP contribution in [-0.4, -0.2) is 41.1 Å². The normalized spacial score (nSPS) is 18.2. The van der Waals surface area contributed by atoms with Crippen molar-refractivity contribution < 1.29 is 19.4 Å². The van der Waals surface area contributed by atoms with Crippen molar-refractivity contribution in [3.8, 4) is 5.75 Å². The van der Waals surface area contributed by atoms with Gasteiger partial charge in [-0.1, -0.05) is 44.2 Å². The molecule has 0 radical (unpaired) electrons. The van der Waals surface area contributed by atoms with E-state index in [1.54, 1.807) is 13.8 Å². The molecular formula is C19H21NO4. The molecule has 5 heteroatoms. The highest BCUT2D eigenvalue weighted by atomic mass is 16.5. The van der Waals surface area contributed by atoms with E-state index < -0.39 is 11.5 Å². The number of amides is 2. The molecule has 0 unspecified atom stereocenters. The molecule has 0 aromatic heterocycles. The van der Waals surface area contributed by atoms with Crippen molar-refractivity contribution in [2.75, 3.05) is 13.2 Å². The van der Waals surface area contributed by atoms with E-state index in [1.165, 1.54) is 0 Å². The first-order valence-corrected chi connectivity index (χ1v) is 8.01. The summed E-state index contributed by atoms with van der Waals surface area (Å²) in [4.78, 5) is 25.2. The molecule has 2 aromatic carbocycles. The van der Waals surface area contributed by atoms with Gasteiger partial charge in [0.2, 0.25) is 11.8 Å². The van der Waals surface area contributed by atoms with Gasteiger partial charge in [-0.05, 0) is 22.9 Å². The standard InChI is InChI=1S/C19H21NO4/c1-19(2)10-17(22)20(18(19)23)11-15(21)12-24-16-8-7-13-5-3-4-6-14(13)9-16/h3-9,15,21H,10-12H2,1-2H3/t15-/m1/s1. The smallest absolute Gasteiger partial charge is 0.235 e. The lowest BCUT2D eigenvalue weighted by Crippen LogP contribution is -2.40. The number of rotatable bonds is 5. The minimum atomic E-state index is -0.918. The number of aliphatic hydroxyl groups is 1. The van der Waals surface area contributed by atoms with Gasteiger partial charge >= 0.3 is 0 Å². The highest BCUT2D eigenvalue weighted by Crippen LogP contribution is 2.31. The first-order chi connectivity index (χ1) is 11.4. The van der Waals surface area contributed by atoms with Gasteiger partial charge in [-0.3, -0.25) is 14.5 Å². The molecule has 2 amide bonds. The Morgan fingerprint density at radius 3 is 2.54 bits per heavy atom. The molecule has 1 aliphatic heterocycles. The van der Waals surface area contributed by atoms with Crippen molar-refractivity contribution in [1.29, 1.82) is 0 Å². The number of carbonyl (C=O) groups is 2. The fraction of sp³-hybridized carbons (Fsp3) is 0.368. The van der Waals surface area contributed by atoms with Gasteiger partial charge in [0.05, 0.1) is 12.0 Å². The molecule has 1 fully saturated rings. The van der Waals surface area contributed by atoms with Crippen molar-refractivity contribution in [3.63, 3.8) is 0 Å². The van der Waals surface area contributed by atoms with Gasteiger partial charge in [0.1, 0.15) is 18.5 Å². The van der Waals surface area contributed by atoms with Gasteiger partial charge in [-0.15, -0.1) is 0 Å². The molecule has 5 nitrogen and oxygen atoms in total. The highest BCUT2D eigenvalue weighted by Gasteiger charge is 2.45. The van der Waals surface area contributed by atoms with Crippen LogP contribution in [0.4, 0.5) is 0 Å². The molecule has 0 saturated carbocycles. The van der Waals surface area contributed by atoms with Gasteiger partial charge in [-0.2, -0.15) is 0 Å². The predicted molar refractivity (Wildman–Crippen MR) is 90.6 cm³/mol. The summed E-state index contributed by atoms with van der Waals surface area (Å²) >= 11 is 0. The van der Waals surface area contributed by atoms with Gasteiger partial charge in [-0.25, -0.2) is 0 Å². The molecule has 3 rings (SSSR count). The zero-order chi connectivity index (χ0) is 17.3. The van der Waals surface area contributed by atoms with Crippen molar-refractivity contribution >= 4 is 22.6 Å². The van der Waals surface area contributed by atoms with Crippen LogP contribution in [0.2, 0.25) is 0 Å². The third kappa shape index (κ3) is 3.26. The van der Waals surface area contributed by atoms with Crippen LogP contribution in [0.25, 0.3) is 10.8 Å². The Kier molecular flexibility index (Phi) is 4.28. The van der Waals surface area contributed by atoms with Crippen molar-refractivity contribution in [2.45, 2.75) is 26.4 Å². The maximum atomic E-state index is 12.1. The van der Waals surface area contributed by atoms with E-state index in [1.807, 2.05) is 42.5 Å². The first-order valence-electron chi connectivity index (χ1n) is 8.01. The second kappa shape index (κ2) is 6.24. The van der Waals surface area contributed by atoms with Crippen LogP contribution in [0.1, 0.15) is 20.3 Å². The summed E-state index contributed by atoms with van der Waals surface area (Å²) in [6.07, 6.45) is -0.734. The zero-order valence-corrected chi connectivity index (χ0v) is 13.9. The van der Waals surface area contributed by atoms with E-state index >= 15 is 0 Å². The molecule has 1 aliphatic rings. The van der Waals surface area contributed by atoms with Crippen molar-refractivity contribution in [3.05, 3.63) is 42.5 Å². The van der Waals surface area contributed by atoms with Crippen LogP contribution in [-0.2, 0) is 9.59 Å². The van der Waals surface area contributed by atoms with E-state index in [4.69, 9.17) is 4.74 Å². The second-order valence-electron chi connectivity index (χ2n) is 6.84. The lowest BCUT2D eigenvalue weighted by Gasteiger charge is -2.21. The Hall–Kier alpha value is -2.40. The Morgan fingerprint density at radius 1 is 1.17 bits per heavy atom. The topological polar surface area (TPSA) is 66.8 Å². The average Bonchev–Trinajstić information content (AvgIpc) is 2.74. The number of hydrogen-bond acceptors (Lipinski definition) is 4.